The standard InChI is InChI=1S/C20H24N2O3.ClH/c1-13(2)11-18(20(24)25-3)22-19(23)16-10-9-15(21)12-17(16)14-7-5-4-6-8-14;/h4-10,12-13,18H,11,21H2,1-3H3,(H,22,23);1H/t18-;/m0./s1. The minimum atomic E-state index is -0.682. The van der Waals surface area contributed by atoms with Crippen LogP contribution in [0.5, 0.6) is 0 Å². The molecule has 2 aromatic rings. The minimum absolute atomic E-state index is 0. The first kappa shape index (κ1) is 21.5. The van der Waals surface area contributed by atoms with Gasteiger partial charge in [0.25, 0.3) is 5.91 Å². The summed E-state index contributed by atoms with van der Waals surface area (Å²) in [6.07, 6.45) is 0.508. The van der Waals surface area contributed by atoms with Gasteiger partial charge in [-0.05, 0) is 41.7 Å². The topological polar surface area (TPSA) is 81.4 Å². The number of carbonyl (C=O) groups is 2. The number of carbonyl (C=O) groups excluding carboxylic acids is 2. The third-order valence-corrected chi connectivity index (χ3v) is 3.87. The average molecular weight is 377 g/mol. The van der Waals surface area contributed by atoms with Crippen molar-refractivity contribution in [1.29, 1.82) is 0 Å². The van der Waals surface area contributed by atoms with E-state index in [4.69, 9.17) is 10.5 Å². The second-order valence-electron chi connectivity index (χ2n) is 6.35. The molecule has 0 saturated carbocycles. The van der Waals surface area contributed by atoms with Crippen LogP contribution in [0.4, 0.5) is 5.69 Å². The molecule has 140 valence electrons. The third-order valence-electron chi connectivity index (χ3n) is 3.87. The number of halogens is 1. The van der Waals surface area contributed by atoms with Crippen LogP contribution >= 0.6 is 12.4 Å². The Morgan fingerprint density at radius 3 is 2.35 bits per heavy atom. The zero-order valence-electron chi connectivity index (χ0n) is 15.2. The van der Waals surface area contributed by atoms with Crippen LogP contribution in [0.1, 0.15) is 30.6 Å². The van der Waals surface area contributed by atoms with Crippen LogP contribution in [0, 0.1) is 5.92 Å². The van der Waals surface area contributed by atoms with E-state index in [2.05, 4.69) is 5.32 Å². The molecule has 3 N–H and O–H groups in total. The first-order valence-corrected chi connectivity index (χ1v) is 8.26. The molecule has 0 aliphatic carbocycles. The Labute approximate surface area is 160 Å². The molecule has 2 aromatic carbocycles. The number of esters is 1. The lowest BCUT2D eigenvalue weighted by Crippen LogP contribution is -2.42. The van der Waals surface area contributed by atoms with Crippen LogP contribution < -0.4 is 11.1 Å². The van der Waals surface area contributed by atoms with Crippen molar-refractivity contribution >= 4 is 30.0 Å². The van der Waals surface area contributed by atoms with Gasteiger partial charge in [0.1, 0.15) is 6.04 Å². The summed E-state index contributed by atoms with van der Waals surface area (Å²) >= 11 is 0. The Kier molecular flexibility index (Phi) is 8.13. The fourth-order valence-corrected chi connectivity index (χ4v) is 2.68. The summed E-state index contributed by atoms with van der Waals surface area (Å²) in [4.78, 5) is 24.8. The van der Waals surface area contributed by atoms with E-state index in [0.717, 1.165) is 11.1 Å². The Balaban J connectivity index is 0.00000338. The maximum Gasteiger partial charge on any atom is 0.328 e. The highest BCUT2D eigenvalue weighted by Gasteiger charge is 2.24. The molecule has 1 amide bonds. The van der Waals surface area contributed by atoms with E-state index in [1.54, 1.807) is 18.2 Å². The van der Waals surface area contributed by atoms with Gasteiger partial charge >= 0.3 is 5.97 Å². The molecule has 0 fully saturated rings. The maximum absolute atomic E-state index is 12.8. The molecule has 2 rings (SSSR count). The summed E-state index contributed by atoms with van der Waals surface area (Å²) in [5.41, 5.74) is 8.55. The molecule has 26 heavy (non-hydrogen) atoms. The Bertz CT molecular complexity index is 748. The Hall–Kier alpha value is -2.53. The van der Waals surface area contributed by atoms with Crippen molar-refractivity contribution in [3.63, 3.8) is 0 Å². The number of nitrogens with one attached hydrogen (secondary N) is 1. The molecule has 0 aliphatic heterocycles. The van der Waals surface area contributed by atoms with Crippen LogP contribution in [0.2, 0.25) is 0 Å². The number of anilines is 1. The van der Waals surface area contributed by atoms with Gasteiger partial charge in [-0.2, -0.15) is 0 Å². The minimum Gasteiger partial charge on any atom is -0.467 e. The molecule has 0 saturated heterocycles. The predicted octanol–water partition coefficient (Wildman–Crippen LogP) is 3.68. The SMILES string of the molecule is COC(=O)[C@H](CC(C)C)NC(=O)c1ccc(N)cc1-c1ccccc1.Cl. The van der Waals surface area contributed by atoms with Crippen LogP contribution in [0.3, 0.4) is 0 Å². The van der Waals surface area contributed by atoms with Gasteiger partial charge in [-0.3, -0.25) is 4.79 Å². The van der Waals surface area contributed by atoms with E-state index >= 15 is 0 Å². The maximum atomic E-state index is 12.8. The number of amides is 1. The number of methoxy groups -OCH3 is 1. The Morgan fingerprint density at radius 2 is 1.77 bits per heavy atom. The summed E-state index contributed by atoms with van der Waals surface area (Å²) in [5, 5.41) is 2.79. The predicted molar refractivity (Wildman–Crippen MR) is 106 cm³/mol. The lowest BCUT2D eigenvalue weighted by molar-refractivity contribution is -0.143. The van der Waals surface area contributed by atoms with Crippen molar-refractivity contribution in [3.8, 4) is 11.1 Å². The van der Waals surface area contributed by atoms with E-state index in [0.29, 0.717) is 17.7 Å². The number of hydrogen-bond donors (Lipinski definition) is 2. The highest BCUT2D eigenvalue weighted by atomic mass is 35.5. The zero-order valence-corrected chi connectivity index (χ0v) is 16.0. The summed E-state index contributed by atoms with van der Waals surface area (Å²) in [6, 6.07) is 14.0. The fourth-order valence-electron chi connectivity index (χ4n) is 2.68. The molecule has 0 radical (unpaired) electrons. The van der Waals surface area contributed by atoms with Gasteiger partial charge in [0.15, 0.2) is 0 Å². The van der Waals surface area contributed by atoms with E-state index in [-0.39, 0.29) is 24.2 Å². The number of hydrogen-bond acceptors (Lipinski definition) is 4. The molecular formula is C20H25ClN2O3. The fraction of sp³-hybridized carbons (Fsp3) is 0.300. The number of benzene rings is 2. The van der Waals surface area contributed by atoms with E-state index < -0.39 is 12.0 Å². The van der Waals surface area contributed by atoms with Gasteiger partial charge in [0.2, 0.25) is 0 Å². The summed E-state index contributed by atoms with van der Waals surface area (Å²) in [7, 11) is 1.32. The van der Waals surface area contributed by atoms with Gasteiger partial charge < -0.3 is 15.8 Å². The van der Waals surface area contributed by atoms with E-state index in [1.165, 1.54) is 7.11 Å². The number of nitrogens with two attached hydrogens (primary N) is 1. The van der Waals surface area contributed by atoms with E-state index in [9.17, 15) is 9.59 Å². The number of ether oxygens (including phenoxy) is 1. The van der Waals surface area contributed by atoms with Crippen LogP contribution in [-0.2, 0) is 9.53 Å². The van der Waals surface area contributed by atoms with Crippen molar-refractivity contribution in [3.05, 3.63) is 54.1 Å². The van der Waals surface area contributed by atoms with Crippen molar-refractivity contribution in [2.24, 2.45) is 5.92 Å². The van der Waals surface area contributed by atoms with Crippen molar-refractivity contribution in [2.45, 2.75) is 26.3 Å². The van der Waals surface area contributed by atoms with Gasteiger partial charge in [-0.25, -0.2) is 4.79 Å². The summed E-state index contributed by atoms with van der Waals surface area (Å²) in [6.45, 7) is 3.97. The smallest absolute Gasteiger partial charge is 0.328 e. The van der Waals surface area contributed by atoms with Crippen LogP contribution in [0.15, 0.2) is 48.5 Å². The van der Waals surface area contributed by atoms with Gasteiger partial charge in [0, 0.05) is 11.3 Å². The Morgan fingerprint density at radius 1 is 1.12 bits per heavy atom. The molecule has 1 atom stereocenters. The second kappa shape index (κ2) is 9.82. The highest BCUT2D eigenvalue weighted by molar-refractivity contribution is 6.03. The van der Waals surface area contributed by atoms with Crippen molar-refractivity contribution in [2.75, 3.05) is 12.8 Å². The van der Waals surface area contributed by atoms with Gasteiger partial charge in [-0.1, -0.05) is 44.2 Å². The molecule has 0 aromatic heterocycles. The third kappa shape index (κ3) is 5.49. The lowest BCUT2D eigenvalue weighted by Gasteiger charge is -2.19. The second-order valence-corrected chi connectivity index (χ2v) is 6.35. The highest BCUT2D eigenvalue weighted by Crippen LogP contribution is 2.26. The average Bonchev–Trinajstić information content (AvgIpc) is 2.60. The van der Waals surface area contributed by atoms with E-state index in [1.807, 2.05) is 44.2 Å². The zero-order chi connectivity index (χ0) is 18.4. The quantitative estimate of drug-likeness (QED) is 0.595. The molecule has 0 aliphatic rings. The number of nitrogen functional groups attached to an aromatic ring is 1. The molecule has 6 heteroatoms. The number of rotatable bonds is 6. The monoisotopic (exact) mass is 376 g/mol. The van der Waals surface area contributed by atoms with Crippen molar-refractivity contribution in [1.82, 2.24) is 5.32 Å². The normalized spacial score (nSPS) is 11.4. The molecule has 5 nitrogen and oxygen atoms in total. The molecule has 0 heterocycles. The molecule has 0 unspecified atom stereocenters. The van der Waals surface area contributed by atoms with Crippen LogP contribution in [-0.4, -0.2) is 25.0 Å². The molecule has 0 spiro atoms. The largest absolute Gasteiger partial charge is 0.467 e. The van der Waals surface area contributed by atoms with Gasteiger partial charge in [-0.15, -0.1) is 12.4 Å². The summed E-state index contributed by atoms with van der Waals surface area (Å²) < 4.78 is 4.81. The lowest BCUT2D eigenvalue weighted by atomic mass is 9.97. The van der Waals surface area contributed by atoms with Crippen LogP contribution in [0.25, 0.3) is 11.1 Å². The first-order valence-electron chi connectivity index (χ1n) is 8.26. The summed E-state index contributed by atoms with van der Waals surface area (Å²) in [5.74, 6) is -0.530. The first-order chi connectivity index (χ1) is 11.9. The van der Waals surface area contributed by atoms with Crippen molar-refractivity contribution < 1.29 is 14.3 Å². The van der Waals surface area contributed by atoms with Gasteiger partial charge in [0.05, 0.1) is 7.11 Å². The molecular weight excluding hydrogens is 352 g/mol. The molecule has 0 bridgehead atoms.